The molecule has 2 heterocycles. The summed E-state index contributed by atoms with van der Waals surface area (Å²) in [6.07, 6.45) is 0.811. The van der Waals surface area contributed by atoms with Gasteiger partial charge in [-0.05, 0) is 19.0 Å². The van der Waals surface area contributed by atoms with Crippen molar-refractivity contribution >= 4 is 27.6 Å². The van der Waals surface area contributed by atoms with E-state index in [4.69, 9.17) is 4.42 Å². The molecule has 0 saturated carbocycles. The highest BCUT2D eigenvalue weighted by Crippen LogP contribution is 2.24. The lowest BCUT2D eigenvalue weighted by Crippen LogP contribution is -2.18. The van der Waals surface area contributed by atoms with E-state index in [1.807, 2.05) is 0 Å². The molecule has 1 aliphatic heterocycles. The highest BCUT2D eigenvalue weighted by molar-refractivity contribution is 7.85. The SMILES string of the molecule is O=[N+]([O-])c1ccc2oc([S@@](=O)[C@H]3CCNC3)nc2c1. The van der Waals surface area contributed by atoms with E-state index in [0.29, 0.717) is 17.6 Å². The fourth-order valence-corrected chi connectivity index (χ4v) is 3.29. The molecule has 1 aromatic carbocycles. The van der Waals surface area contributed by atoms with Gasteiger partial charge in [-0.3, -0.25) is 10.1 Å². The van der Waals surface area contributed by atoms with Gasteiger partial charge >= 0.3 is 0 Å². The molecule has 3 rings (SSSR count). The number of aromatic nitrogens is 1. The van der Waals surface area contributed by atoms with Gasteiger partial charge in [-0.1, -0.05) is 0 Å². The third kappa shape index (κ3) is 2.24. The van der Waals surface area contributed by atoms with Crippen molar-refractivity contribution in [3.8, 4) is 0 Å². The Morgan fingerprint density at radius 3 is 3.05 bits per heavy atom. The van der Waals surface area contributed by atoms with Crippen LogP contribution in [0, 0.1) is 10.1 Å². The topological polar surface area (TPSA) is 98.3 Å². The van der Waals surface area contributed by atoms with Crippen LogP contribution in [0.1, 0.15) is 6.42 Å². The molecular weight excluding hydrogens is 270 g/mol. The van der Waals surface area contributed by atoms with Crippen molar-refractivity contribution < 1.29 is 13.5 Å². The lowest BCUT2D eigenvalue weighted by atomic mass is 10.3. The van der Waals surface area contributed by atoms with E-state index >= 15 is 0 Å². The highest BCUT2D eigenvalue weighted by atomic mass is 32.2. The van der Waals surface area contributed by atoms with Gasteiger partial charge in [-0.2, -0.15) is 0 Å². The summed E-state index contributed by atoms with van der Waals surface area (Å²) in [7, 11) is -1.32. The molecule has 1 fully saturated rings. The van der Waals surface area contributed by atoms with E-state index in [1.165, 1.54) is 18.2 Å². The first-order valence-corrected chi connectivity index (χ1v) is 7.03. The smallest absolute Gasteiger partial charge is 0.288 e. The van der Waals surface area contributed by atoms with Crippen LogP contribution < -0.4 is 5.32 Å². The van der Waals surface area contributed by atoms with Gasteiger partial charge < -0.3 is 9.73 Å². The molecule has 0 unspecified atom stereocenters. The maximum absolute atomic E-state index is 12.2. The van der Waals surface area contributed by atoms with Crippen LogP contribution in [-0.2, 0) is 10.8 Å². The summed E-state index contributed by atoms with van der Waals surface area (Å²) in [5, 5.41) is 13.9. The molecule has 0 radical (unpaired) electrons. The van der Waals surface area contributed by atoms with Gasteiger partial charge in [-0.15, -0.1) is 0 Å². The van der Waals surface area contributed by atoms with Gasteiger partial charge in [0, 0.05) is 18.7 Å². The van der Waals surface area contributed by atoms with Gasteiger partial charge in [0.15, 0.2) is 5.58 Å². The average Bonchev–Trinajstić information content (AvgIpc) is 3.06. The van der Waals surface area contributed by atoms with Crippen LogP contribution in [0.15, 0.2) is 27.8 Å². The Bertz CT molecular complexity index is 663. The van der Waals surface area contributed by atoms with Crippen molar-refractivity contribution in [2.24, 2.45) is 0 Å². The van der Waals surface area contributed by atoms with E-state index in [9.17, 15) is 14.3 Å². The predicted molar refractivity (Wildman–Crippen MR) is 68.3 cm³/mol. The number of hydrogen-bond acceptors (Lipinski definition) is 6. The molecule has 8 heteroatoms. The maximum Gasteiger partial charge on any atom is 0.288 e. The number of nitrogens with one attached hydrogen (secondary N) is 1. The molecule has 2 atom stereocenters. The zero-order valence-corrected chi connectivity index (χ0v) is 10.7. The number of nitrogens with zero attached hydrogens (tertiary/aromatic N) is 2. The molecule has 1 aromatic heterocycles. The van der Waals surface area contributed by atoms with Crippen molar-refractivity contribution in [2.75, 3.05) is 13.1 Å². The van der Waals surface area contributed by atoms with E-state index in [2.05, 4.69) is 10.3 Å². The number of rotatable bonds is 3. The lowest BCUT2D eigenvalue weighted by Gasteiger charge is -2.02. The van der Waals surface area contributed by atoms with Crippen LogP contribution >= 0.6 is 0 Å². The summed E-state index contributed by atoms with van der Waals surface area (Å²) in [5.41, 5.74) is 0.726. The van der Waals surface area contributed by atoms with Crippen molar-refractivity contribution in [3.05, 3.63) is 28.3 Å². The van der Waals surface area contributed by atoms with E-state index in [0.717, 1.165) is 13.0 Å². The second kappa shape index (κ2) is 4.71. The van der Waals surface area contributed by atoms with Crippen LogP contribution in [0.5, 0.6) is 0 Å². The molecule has 0 bridgehead atoms. The summed E-state index contributed by atoms with van der Waals surface area (Å²) in [6.45, 7) is 1.51. The Balaban J connectivity index is 1.96. The van der Waals surface area contributed by atoms with Gasteiger partial charge in [0.25, 0.3) is 10.9 Å². The summed E-state index contributed by atoms with van der Waals surface area (Å²) in [4.78, 5) is 14.3. The highest BCUT2D eigenvalue weighted by Gasteiger charge is 2.26. The zero-order valence-electron chi connectivity index (χ0n) is 9.87. The fourth-order valence-electron chi connectivity index (χ4n) is 2.05. The lowest BCUT2D eigenvalue weighted by molar-refractivity contribution is -0.384. The maximum atomic E-state index is 12.2. The number of nitro groups is 1. The number of nitro benzene ring substituents is 1. The van der Waals surface area contributed by atoms with Crippen LogP contribution in [0.3, 0.4) is 0 Å². The minimum absolute atomic E-state index is 0.0111. The van der Waals surface area contributed by atoms with Gasteiger partial charge in [0.05, 0.1) is 10.2 Å². The molecule has 100 valence electrons. The standard InChI is InChI=1S/C11H11N3O4S/c15-14(16)7-1-2-10-9(5-7)13-11(18-10)19(17)8-3-4-12-6-8/h1-2,5,8,12H,3-4,6H2/t8-,19-/m0/s1. The van der Waals surface area contributed by atoms with Crippen molar-refractivity contribution in [1.29, 1.82) is 0 Å². The summed E-state index contributed by atoms with van der Waals surface area (Å²) in [6, 6.07) is 4.15. The third-order valence-electron chi connectivity index (χ3n) is 3.05. The molecule has 19 heavy (non-hydrogen) atoms. The number of fused-ring (bicyclic) bond motifs is 1. The first-order chi connectivity index (χ1) is 9.15. The number of non-ortho nitro benzene ring substituents is 1. The number of oxazole rings is 1. The van der Waals surface area contributed by atoms with Gasteiger partial charge in [0.1, 0.15) is 16.3 Å². The Kier molecular flexibility index (Phi) is 3.03. The number of hydrogen-bond donors (Lipinski definition) is 1. The Hall–Kier alpha value is -1.80. The first kappa shape index (κ1) is 12.2. The second-order valence-electron chi connectivity index (χ2n) is 4.30. The predicted octanol–water partition coefficient (Wildman–Crippen LogP) is 1.21. The van der Waals surface area contributed by atoms with Crippen LogP contribution in [0.4, 0.5) is 5.69 Å². The molecule has 0 amide bonds. The van der Waals surface area contributed by atoms with Crippen LogP contribution in [0.2, 0.25) is 0 Å². The fraction of sp³-hybridized carbons (Fsp3) is 0.364. The van der Waals surface area contributed by atoms with Crippen LogP contribution in [-0.4, -0.2) is 32.5 Å². The van der Waals surface area contributed by atoms with E-state index < -0.39 is 15.7 Å². The van der Waals surface area contributed by atoms with Crippen molar-refractivity contribution in [3.63, 3.8) is 0 Å². The Labute approximate surface area is 110 Å². The number of benzene rings is 1. The molecule has 7 nitrogen and oxygen atoms in total. The summed E-state index contributed by atoms with van der Waals surface area (Å²) in [5.74, 6) is 0. The Morgan fingerprint density at radius 2 is 2.37 bits per heavy atom. The van der Waals surface area contributed by atoms with E-state index in [-0.39, 0.29) is 16.2 Å². The monoisotopic (exact) mass is 281 g/mol. The minimum Gasteiger partial charge on any atom is -0.430 e. The van der Waals surface area contributed by atoms with Crippen LogP contribution in [0.25, 0.3) is 11.1 Å². The molecule has 1 saturated heterocycles. The normalized spacial score (nSPS) is 20.7. The third-order valence-corrected chi connectivity index (χ3v) is 4.58. The molecule has 0 spiro atoms. The molecule has 1 aliphatic rings. The molecule has 2 aromatic rings. The molecule has 1 N–H and O–H groups in total. The second-order valence-corrected chi connectivity index (χ2v) is 5.91. The molecular formula is C11H11N3O4S. The van der Waals surface area contributed by atoms with Crippen molar-refractivity contribution in [2.45, 2.75) is 16.9 Å². The Morgan fingerprint density at radius 1 is 1.53 bits per heavy atom. The van der Waals surface area contributed by atoms with E-state index in [1.54, 1.807) is 0 Å². The van der Waals surface area contributed by atoms with Crippen molar-refractivity contribution in [1.82, 2.24) is 10.3 Å². The molecule has 0 aliphatic carbocycles. The minimum atomic E-state index is -1.32. The summed E-state index contributed by atoms with van der Waals surface area (Å²) < 4.78 is 17.6. The largest absolute Gasteiger partial charge is 0.430 e. The zero-order chi connectivity index (χ0) is 13.4. The van der Waals surface area contributed by atoms with Gasteiger partial charge in [-0.25, -0.2) is 9.19 Å². The van der Waals surface area contributed by atoms with Gasteiger partial charge in [0.2, 0.25) is 0 Å². The summed E-state index contributed by atoms with van der Waals surface area (Å²) >= 11 is 0. The average molecular weight is 281 g/mol. The first-order valence-electron chi connectivity index (χ1n) is 5.81. The quantitative estimate of drug-likeness (QED) is 0.670.